The number of carbonyl (C=O) groups is 2. The van der Waals surface area contributed by atoms with Gasteiger partial charge >= 0.3 is 5.97 Å². The number of benzene rings is 2. The highest BCUT2D eigenvalue weighted by atomic mass is 16.5. The molecule has 0 amide bonds. The van der Waals surface area contributed by atoms with Crippen molar-refractivity contribution in [2.45, 2.75) is 13.5 Å². The molecule has 26 heavy (non-hydrogen) atoms. The average molecular weight is 350 g/mol. The second kappa shape index (κ2) is 9.14. The van der Waals surface area contributed by atoms with Gasteiger partial charge in [-0.2, -0.15) is 5.26 Å². The molecule has 0 spiro atoms. The standard InChI is InChI=1S/C20H18N2O4/c1-14(22)18(11-21)19(23)13-26-20(24)17-10-6-5-7-15(17)12-25-16-8-3-2-4-9-16/h2-10,18,22H,12-13H2,1H3. The molecule has 0 heterocycles. The van der Waals surface area contributed by atoms with Crippen molar-refractivity contribution in [1.82, 2.24) is 0 Å². The number of ether oxygens (including phenoxy) is 2. The number of nitrogens with one attached hydrogen (secondary N) is 1. The van der Waals surface area contributed by atoms with E-state index in [4.69, 9.17) is 20.1 Å². The Bertz CT molecular complexity index is 840. The summed E-state index contributed by atoms with van der Waals surface area (Å²) in [6.45, 7) is 0.981. The zero-order valence-corrected chi connectivity index (χ0v) is 14.3. The van der Waals surface area contributed by atoms with Crippen LogP contribution in [-0.4, -0.2) is 24.1 Å². The second-order valence-electron chi connectivity index (χ2n) is 5.55. The first-order valence-electron chi connectivity index (χ1n) is 7.93. The Labute approximate surface area is 151 Å². The van der Waals surface area contributed by atoms with Crippen molar-refractivity contribution >= 4 is 17.5 Å². The molecule has 0 saturated heterocycles. The number of rotatable bonds is 8. The molecule has 0 saturated carbocycles. The van der Waals surface area contributed by atoms with Gasteiger partial charge in [0.2, 0.25) is 0 Å². The topological polar surface area (TPSA) is 100 Å². The van der Waals surface area contributed by atoms with Crippen LogP contribution in [-0.2, 0) is 16.1 Å². The fourth-order valence-corrected chi connectivity index (χ4v) is 2.23. The van der Waals surface area contributed by atoms with Crippen LogP contribution in [0.3, 0.4) is 0 Å². The average Bonchev–Trinajstić information content (AvgIpc) is 2.65. The second-order valence-corrected chi connectivity index (χ2v) is 5.55. The SMILES string of the molecule is CC(=N)C(C#N)C(=O)COC(=O)c1ccccc1COc1ccccc1. The van der Waals surface area contributed by atoms with Gasteiger partial charge in [-0.3, -0.25) is 4.79 Å². The molecule has 6 nitrogen and oxygen atoms in total. The number of nitriles is 1. The number of para-hydroxylation sites is 1. The fourth-order valence-electron chi connectivity index (χ4n) is 2.23. The lowest BCUT2D eigenvalue weighted by Crippen LogP contribution is -2.25. The summed E-state index contributed by atoms with van der Waals surface area (Å²) in [6.07, 6.45) is 0. The normalized spacial score (nSPS) is 11.1. The number of carbonyl (C=O) groups excluding carboxylic acids is 2. The Hall–Kier alpha value is -3.46. The maximum absolute atomic E-state index is 12.3. The van der Waals surface area contributed by atoms with Crippen LogP contribution in [0, 0.1) is 22.7 Å². The van der Waals surface area contributed by atoms with Gasteiger partial charge in [-0.15, -0.1) is 0 Å². The Balaban J connectivity index is 2.02. The van der Waals surface area contributed by atoms with E-state index in [-0.39, 0.29) is 17.9 Å². The molecule has 2 rings (SSSR count). The van der Waals surface area contributed by atoms with Crippen LogP contribution in [0.4, 0.5) is 0 Å². The number of ketones is 1. The van der Waals surface area contributed by atoms with Gasteiger partial charge < -0.3 is 14.9 Å². The summed E-state index contributed by atoms with van der Waals surface area (Å²) in [5.41, 5.74) is 0.829. The van der Waals surface area contributed by atoms with Gasteiger partial charge in [-0.1, -0.05) is 36.4 Å². The van der Waals surface area contributed by atoms with E-state index in [0.29, 0.717) is 11.3 Å². The third-order valence-electron chi connectivity index (χ3n) is 3.60. The minimum absolute atomic E-state index is 0.0785. The van der Waals surface area contributed by atoms with Crippen LogP contribution in [0.15, 0.2) is 54.6 Å². The van der Waals surface area contributed by atoms with E-state index < -0.39 is 24.3 Å². The minimum Gasteiger partial charge on any atom is -0.489 e. The Kier molecular flexibility index (Phi) is 6.63. The summed E-state index contributed by atoms with van der Waals surface area (Å²) < 4.78 is 10.7. The lowest BCUT2D eigenvalue weighted by atomic mass is 10.0. The van der Waals surface area contributed by atoms with Gasteiger partial charge in [-0.25, -0.2) is 4.79 Å². The quantitative estimate of drug-likeness (QED) is 0.582. The number of esters is 1. The van der Waals surface area contributed by atoms with E-state index in [1.54, 1.807) is 42.5 Å². The molecule has 2 aromatic carbocycles. The van der Waals surface area contributed by atoms with Gasteiger partial charge in [0, 0.05) is 11.3 Å². The van der Waals surface area contributed by atoms with Crippen LogP contribution >= 0.6 is 0 Å². The molecule has 0 bridgehead atoms. The first-order valence-corrected chi connectivity index (χ1v) is 7.93. The summed E-state index contributed by atoms with van der Waals surface area (Å²) >= 11 is 0. The smallest absolute Gasteiger partial charge is 0.338 e. The van der Waals surface area contributed by atoms with Crippen LogP contribution in [0.25, 0.3) is 0 Å². The van der Waals surface area contributed by atoms with Crippen molar-refractivity contribution in [3.8, 4) is 11.8 Å². The van der Waals surface area contributed by atoms with E-state index in [2.05, 4.69) is 0 Å². The van der Waals surface area contributed by atoms with E-state index in [1.807, 2.05) is 18.2 Å². The maximum atomic E-state index is 12.3. The van der Waals surface area contributed by atoms with Crippen LogP contribution in [0.1, 0.15) is 22.8 Å². The molecule has 0 aromatic heterocycles. The van der Waals surface area contributed by atoms with Crippen LogP contribution in [0.5, 0.6) is 5.75 Å². The molecule has 1 N–H and O–H groups in total. The van der Waals surface area contributed by atoms with Gasteiger partial charge in [0.25, 0.3) is 0 Å². The summed E-state index contributed by atoms with van der Waals surface area (Å²) in [6, 6.07) is 17.7. The largest absolute Gasteiger partial charge is 0.489 e. The maximum Gasteiger partial charge on any atom is 0.338 e. The van der Waals surface area contributed by atoms with Crippen LogP contribution < -0.4 is 4.74 Å². The van der Waals surface area contributed by atoms with Crippen molar-refractivity contribution < 1.29 is 19.1 Å². The summed E-state index contributed by atoms with van der Waals surface area (Å²) in [4.78, 5) is 24.2. The minimum atomic E-state index is -1.19. The Morgan fingerprint density at radius 3 is 2.42 bits per heavy atom. The van der Waals surface area contributed by atoms with E-state index in [1.165, 1.54) is 6.92 Å². The number of hydrogen-bond acceptors (Lipinski definition) is 6. The summed E-state index contributed by atoms with van der Waals surface area (Å²) in [5.74, 6) is -1.82. The van der Waals surface area contributed by atoms with Crippen molar-refractivity contribution in [1.29, 1.82) is 10.7 Å². The lowest BCUT2D eigenvalue weighted by molar-refractivity contribution is -0.122. The zero-order chi connectivity index (χ0) is 18.9. The van der Waals surface area contributed by atoms with Crippen molar-refractivity contribution in [3.05, 3.63) is 65.7 Å². The third kappa shape index (κ3) is 5.02. The Morgan fingerprint density at radius 2 is 1.77 bits per heavy atom. The fraction of sp³-hybridized carbons (Fsp3) is 0.200. The predicted octanol–water partition coefficient (Wildman–Crippen LogP) is 3.17. The first kappa shape index (κ1) is 18.9. The predicted molar refractivity (Wildman–Crippen MR) is 95.0 cm³/mol. The molecule has 1 unspecified atom stereocenters. The number of Topliss-reactive ketones (excluding diaryl/α,β-unsaturated/α-hetero) is 1. The molecule has 0 fully saturated rings. The molecule has 2 aromatic rings. The van der Waals surface area contributed by atoms with E-state index >= 15 is 0 Å². The highest BCUT2D eigenvalue weighted by molar-refractivity contribution is 6.06. The molecule has 0 radical (unpaired) electrons. The number of nitrogens with zero attached hydrogens (tertiary/aromatic N) is 1. The molecule has 1 atom stereocenters. The number of hydrogen-bond donors (Lipinski definition) is 1. The molecule has 0 aliphatic heterocycles. The first-order chi connectivity index (χ1) is 12.5. The molecule has 0 aliphatic carbocycles. The van der Waals surface area contributed by atoms with Crippen LogP contribution in [0.2, 0.25) is 0 Å². The highest BCUT2D eigenvalue weighted by Crippen LogP contribution is 2.15. The van der Waals surface area contributed by atoms with Crippen molar-refractivity contribution in [2.75, 3.05) is 6.61 Å². The highest BCUT2D eigenvalue weighted by Gasteiger charge is 2.22. The van der Waals surface area contributed by atoms with Gasteiger partial charge in [0.15, 0.2) is 12.4 Å². The zero-order valence-electron chi connectivity index (χ0n) is 14.3. The molecular weight excluding hydrogens is 332 g/mol. The Morgan fingerprint density at radius 1 is 1.12 bits per heavy atom. The van der Waals surface area contributed by atoms with Crippen molar-refractivity contribution in [2.24, 2.45) is 5.92 Å². The summed E-state index contributed by atoms with van der Waals surface area (Å²) in [7, 11) is 0. The lowest BCUT2D eigenvalue weighted by Gasteiger charge is -2.11. The third-order valence-corrected chi connectivity index (χ3v) is 3.60. The summed E-state index contributed by atoms with van der Waals surface area (Å²) in [5, 5.41) is 16.3. The molecule has 0 aliphatic rings. The monoisotopic (exact) mass is 350 g/mol. The molecular formula is C20H18N2O4. The van der Waals surface area contributed by atoms with Crippen molar-refractivity contribution in [3.63, 3.8) is 0 Å². The molecule has 132 valence electrons. The van der Waals surface area contributed by atoms with Gasteiger partial charge in [0.1, 0.15) is 18.3 Å². The van der Waals surface area contributed by atoms with Gasteiger partial charge in [-0.05, 0) is 25.1 Å². The molecule has 6 heteroatoms. The van der Waals surface area contributed by atoms with E-state index in [0.717, 1.165) is 0 Å². The van der Waals surface area contributed by atoms with Gasteiger partial charge in [0.05, 0.1) is 11.6 Å². The van der Waals surface area contributed by atoms with E-state index in [9.17, 15) is 9.59 Å².